The summed E-state index contributed by atoms with van der Waals surface area (Å²) in [4.78, 5) is 11.1. The Morgan fingerprint density at radius 3 is 2.29 bits per heavy atom. The van der Waals surface area contributed by atoms with Crippen molar-refractivity contribution in [3.8, 4) is 0 Å². The molecular weight excluding hydrogens is 260 g/mol. The lowest BCUT2D eigenvalue weighted by atomic mass is 9.72. The predicted octanol–water partition coefficient (Wildman–Crippen LogP) is 5.45. The number of hydrogen-bond acceptors (Lipinski definition) is 2. The Balaban J connectivity index is 2.36. The fraction of sp³-hybridized carbons (Fsp3) is 0.947. The molecule has 1 saturated carbocycles. The van der Waals surface area contributed by atoms with Crippen molar-refractivity contribution in [3.63, 3.8) is 0 Å². The van der Waals surface area contributed by atoms with Crippen molar-refractivity contribution in [2.24, 2.45) is 29.6 Å². The molecule has 21 heavy (non-hydrogen) atoms. The van der Waals surface area contributed by atoms with Crippen LogP contribution >= 0.6 is 0 Å². The van der Waals surface area contributed by atoms with E-state index in [2.05, 4.69) is 34.6 Å². The summed E-state index contributed by atoms with van der Waals surface area (Å²) in [6.07, 6.45) is 7.55. The highest BCUT2D eigenvalue weighted by atomic mass is 16.5. The lowest BCUT2D eigenvalue weighted by Crippen LogP contribution is -2.31. The van der Waals surface area contributed by atoms with Gasteiger partial charge in [-0.2, -0.15) is 0 Å². The van der Waals surface area contributed by atoms with E-state index in [4.69, 9.17) is 4.74 Å². The van der Waals surface area contributed by atoms with Gasteiger partial charge in [0, 0.05) is 6.92 Å². The van der Waals surface area contributed by atoms with Crippen LogP contribution in [0.4, 0.5) is 0 Å². The molecule has 0 aromatic heterocycles. The number of esters is 1. The summed E-state index contributed by atoms with van der Waals surface area (Å²) >= 11 is 0. The van der Waals surface area contributed by atoms with Crippen LogP contribution in [0, 0.1) is 29.6 Å². The molecule has 0 bridgehead atoms. The SMILES string of the molecule is CC(=O)OC1CCC(CC(C)C(C)CCC(C)C)C(C)C1. The molecule has 0 heterocycles. The molecule has 2 heteroatoms. The molecule has 1 rings (SSSR count). The van der Waals surface area contributed by atoms with Crippen LogP contribution in [0.25, 0.3) is 0 Å². The van der Waals surface area contributed by atoms with Crippen molar-refractivity contribution in [3.05, 3.63) is 0 Å². The standard InChI is InChI=1S/C19H36O2/c1-13(2)7-8-14(3)15(4)11-18-9-10-19(12-16(18)5)21-17(6)20/h13-16,18-19H,7-12H2,1-6H3. The van der Waals surface area contributed by atoms with Crippen molar-refractivity contribution in [2.75, 3.05) is 0 Å². The Kier molecular flexibility index (Phi) is 7.76. The third-order valence-electron chi connectivity index (χ3n) is 5.48. The van der Waals surface area contributed by atoms with Gasteiger partial charge in [0.25, 0.3) is 0 Å². The van der Waals surface area contributed by atoms with Gasteiger partial charge in [0.05, 0.1) is 0 Å². The van der Waals surface area contributed by atoms with Crippen LogP contribution in [0.1, 0.15) is 80.1 Å². The first-order valence-corrected chi connectivity index (χ1v) is 8.96. The normalized spacial score (nSPS) is 29.2. The van der Waals surface area contributed by atoms with Gasteiger partial charge in [-0.05, 0) is 55.3 Å². The molecule has 0 saturated heterocycles. The summed E-state index contributed by atoms with van der Waals surface area (Å²) in [5.74, 6) is 3.82. The Labute approximate surface area is 132 Å². The van der Waals surface area contributed by atoms with E-state index in [0.29, 0.717) is 5.92 Å². The maximum absolute atomic E-state index is 11.1. The van der Waals surface area contributed by atoms with Crippen molar-refractivity contribution in [2.45, 2.75) is 86.2 Å². The largest absolute Gasteiger partial charge is 0.463 e. The Hall–Kier alpha value is -0.530. The van der Waals surface area contributed by atoms with E-state index in [1.165, 1.54) is 32.6 Å². The van der Waals surface area contributed by atoms with Crippen molar-refractivity contribution >= 4 is 5.97 Å². The van der Waals surface area contributed by atoms with Crippen LogP contribution in [0.15, 0.2) is 0 Å². The van der Waals surface area contributed by atoms with Gasteiger partial charge in [0.1, 0.15) is 6.10 Å². The highest BCUT2D eigenvalue weighted by molar-refractivity contribution is 5.66. The first kappa shape index (κ1) is 18.5. The van der Waals surface area contributed by atoms with E-state index >= 15 is 0 Å². The molecule has 5 unspecified atom stereocenters. The molecule has 0 aromatic carbocycles. The summed E-state index contributed by atoms with van der Waals surface area (Å²) in [6, 6.07) is 0. The molecule has 1 fully saturated rings. The molecule has 0 radical (unpaired) electrons. The molecule has 1 aliphatic rings. The maximum Gasteiger partial charge on any atom is 0.302 e. The molecular formula is C19H36O2. The lowest BCUT2D eigenvalue weighted by molar-refractivity contribution is -0.149. The van der Waals surface area contributed by atoms with Gasteiger partial charge in [-0.3, -0.25) is 4.79 Å². The molecule has 0 amide bonds. The third-order valence-corrected chi connectivity index (χ3v) is 5.48. The van der Waals surface area contributed by atoms with Crippen LogP contribution in [-0.4, -0.2) is 12.1 Å². The average Bonchev–Trinajstić information content (AvgIpc) is 2.38. The fourth-order valence-corrected chi connectivity index (χ4v) is 3.69. The molecule has 0 aliphatic heterocycles. The van der Waals surface area contributed by atoms with Crippen LogP contribution in [0.3, 0.4) is 0 Å². The minimum atomic E-state index is -0.124. The summed E-state index contributed by atoms with van der Waals surface area (Å²) in [5.41, 5.74) is 0. The van der Waals surface area contributed by atoms with E-state index < -0.39 is 0 Å². The van der Waals surface area contributed by atoms with E-state index in [0.717, 1.165) is 36.5 Å². The van der Waals surface area contributed by atoms with E-state index in [-0.39, 0.29) is 12.1 Å². The monoisotopic (exact) mass is 296 g/mol. The summed E-state index contributed by atoms with van der Waals surface area (Å²) < 4.78 is 5.39. The van der Waals surface area contributed by atoms with Crippen LogP contribution in [0.2, 0.25) is 0 Å². The van der Waals surface area contributed by atoms with Crippen molar-refractivity contribution in [1.82, 2.24) is 0 Å². The second kappa shape index (κ2) is 8.80. The number of carbonyl (C=O) groups excluding carboxylic acids is 1. The van der Waals surface area contributed by atoms with E-state index in [9.17, 15) is 4.79 Å². The zero-order chi connectivity index (χ0) is 16.0. The Morgan fingerprint density at radius 1 is 1.10 bits per heavy atom. The fourth-order valence-electron chi connectivity index (χ4n) is 3.69. The molecule has 124 valence electrons. The van der Waals surface area contributed by atoms with Gasteiger partial charge in [-0.15, -0.1) is 0 Å². The van der Waals surface area contributed by atoms with Gasteiger partial charge < -0.3 is 4.74 Å². The molecule has 0 aromatic rings. The summed E-state index contributed by atoms with van der Waals surface area (Å²) in [7, 11) is 0. The molecule has 0 spiro atoms. The van der Waals surface area contributed by atoms with E-state index in [1.807, 2.05) is 0 Å². The van der Waals surface area contributed by atoms with Crippen LogP contribution < -0.4 is 0 Å². The first-order valence-electron chi connectivity index (χ1n) is 8.96. The summed E-state index contributed by atoms with van der Waals surface area (Å²) in [6.45, 7) is 13.3. The zero-order valence-corrected chi connectivity index (χ0v) is 15.0. The summed E-state index contributed by atoms with van der Waals surface area (Å²) in [5, 5.41) is 0. The van der Waals surface area contributed by atoms with Gasteiger partial charge in [-0.25, -0.2) is 0 Å². The average molecular weight is 296 g/mol. The Bertz CT molecular complexity index is 311. The second-order valence-electron chi connectivity index (χ2n) is 7.94. The lowest BCUT2D eigenvalue weighted by Gasteiger charge is -2.36. The van der Waals surface area contributed by atoms with Gasteiger partial charge in [0.2, 0.25) is 0 Å². The van der Waals surface area contributed by atoms with Gasteiger partial charge in [0.15, 0.2) is 0 Å². The number of carbonyl (C=O) groups is 1. The second-order valence-corrected chi connectivity index (χ2v) is 7.94. The van der Waals surface area contributed by atoms with Crippen LogP contribution in [-0.2, 0) is 9.53 Å². The smallest absolute Gasteiger partial charge is 0.302 e. The Morgan fingerprint density at radius 2 is 1.76 bits per heavy atom. The highest BCUT2D eigenvalue weighted by Crippen LogP contribution is 2.37. The third kappa shape index (κ3) is 6.84. The molecule has 1 aliphatic carbocycles. The van der Waals surface area contributed by atoms with Crippen molar-refractivity contribution in [1.29, 1.82) is 0 Å². The van der Waals surface area contributed by atoms with Gasteiger partial charge in [-0.1, -0.05) is 47.5 Å². The predicted molar refractivity (Wildman–Crippen MR) is 89.1 cm³/mol. The minimum absolute atomic E-state index is 0.124. The van der Waals surface area contributed by atoms with Crippen LogP contribution in [0.5, 0.6) is 0 Å². The number of rotatable bonds is 7. The minimum Gasteiger partial charge on any atom is -0.463 e. The molecule has 0 N–H and O–H groups in total. The molecule has 2 nitrogen and oxygen atoms in total. The van der Waals surface area contributed by atoms with E-state index in [1.54, 1.807) is 0 Å². The highest BCUT2D eigenvalue weighted by Gasteiger charge is 2.30. The molecule has 5 atom stereocenters. The topological polar surface area (TPSA) is 26.3 Å². The zero-order valence-electron chi connectivity index (χ0n) is 15.0. The number of hydrogen-bond donors (Lipinski definition) is 0. The number of ether oxygens (including phenoxy) is 1. The van der Waals surface area contributed by atoms with Gasteiger partial charge >= 0.3 is 5.97 Å². The van der Waals surface area contributed by atoms with Crippen molar-refractivity contribution < 1.29 is 9.53 Å². The quantitative estimate of drug-likeness (QED) is 0.584. The first-order chi connectivity index (χ1) is 9.79. The maximum atomic E-state index is 11.1.